The molecule has 0 fully saturated rings. The molecule has 0 radical (unpaired) electrons. The van der Waals surface area contributed by atoms with Gasteiger partial charge in [0.2, 0.25) is 0 Å². The van der Waals surface area contributed by atoms with Gasteiger partial charge in [0, 0.05) is 5.56 Å². The maximum Gasteiger partial charge on any atom is 0.188 e. The van der Waals surface area contributed by atoms with Gasteiger partial charge in [-0.3, -0.25) is 4.79 Å². The van der Waals surface area contributed by atoms with Crippen LogP contribution in [0.5, 0.6) is 0 Å². The van der Waals surface area contributed by atoms with E-state index in [0.29, 0.717) is 26.7 Å². The van der Waals surface area contributed by atoms with Crippen molar-refractivity contribution in [2.45, 2.75) is 6.92 Å². The fourth-order valence-corrected chi connectivity index (χ4v) is 2.12. The average molecular weight is 309 g/mol. The van der Waals surface area contributed by atoms with Crippen molar-refractivity contribution in [3.05, 3.63) is 75.0 Å². The van der Waals surface area contributed by atoms with Crippen molar-refractivity contribution in [1.82, 2.24) is 0 Å². The molecule has 0 bridgehead atoms. The highest BCUT2D eigenvalue weighted by atomic mass is 35.5. The van der Waals surface area contributed by atoms with Crippen LogP contribution in [0.4, 0.5) is 4.39 Å². The van der Waals surface area contributed by atoms with E-state index in [1.54, 1.807) is 31.2 Å². The first kappa shape index (κ1) is 14.8. The molecule has 102 valence electrons. The molecule has 0 saturated carbocycles. The molecule has 0 aliphatic carbocycles. The molecular weight excluding hydrogens is 298 g/mol. The van der Waals surface area contributed by atoms with Gasteiger partial charge in [-0.15, -0.1) is 0 Å². The summed E-state index contributed by atoms with van der Waals surface area (Å²) in [6, 6.07) is 10.6. The maximum atomic E-state index is 12.8. The second-order valence-electron chi connectivity index (χ2n) is 4.31. The predicted molar refractivity (Wildman–Crippen MR) is 80.8 cm³/mol. The summed E-state index contributed by atoms with van der Waals surface area (Å²) in [4.78, 5) is 12.2. The minimum absolute atomic E-state index is 0.180. The van der Waals surface area contributed by atoms with E-state index in [1.807, 2.05) is 0 Å². The minimum atomic E-state index is -0.374. The molecule has 0 unspecified atom stereocenters. The van der Waals surface area contributed by atoms with Gasteiger partial charge in [-0.1, -0.05) is 35.3 Å². The lowest BCUT2D eigenvalue weighted by molar-refractivity contribution is 0.103. The Labute approximate surface area is 126 Å². The Kier molecular flexibility index (Phi) is 4.58. The summed E-state index contributed by atoms with van der Waals surface area (Å²) in [5.41, 5.74) is 1.60. The number of hydrogen-bond donors (Lipinski definition) is 0. The second kappa shape index (κ2) is 6.21. The molecule has 0 aliphatic heterocycles. The van der Waals surface area contributed by atoms with Gasteiger partial charge in [0.25, 0.3) is 0 Å². The summed E-state index contributed by atoms with van der Waals surface area (Å²) in [6.45, 7) is 1.68. The van der Waals surface area contributed by atoms with Gasteiger partial charge in [0.05, 0.1) is 10.0 Å². The van der Waals surface area contributed by atoms with Crippen molar-refractivity contribution in [2.75, 3.05) is 0 Å². The Hall–Kier alpha value is -1.64. The Bertz CT molecular complexity index is 675. The van der Waals surface area contributed by atoms with Crippen molar-refractivity contribution in [2.24, 2.45) is 0 Å². The van der Waals surface area contributed by atoms with E-state index >= 15 is 0 Å². The zero-order valence-electron chi connectivity index (χ0n) is 10.7. The van der Waals surface area contributed by atoms with Crippen LogP contribution < -0.4 is 0 Å². The highest BCUT2D eigenvalue weighted by Crippen LogP contribution is 2.27. The SMILES string of the molecule is C/C(=C/c1cccc(Cl)c1Cl)C(=O)c1ccc(F)cc1. The number of halogens is 3. The van der Waals surface area contributed by atoms with Crippen molar-refractivity contribution >= 4 is 35.1 Å². The number of allylic oxidation sites excluding steroid dienone is 1. The Morgan fingerprint density at radius 1 is 1.10 bits per heavy atom. The molecule has 4 heteroatoms. The van der Waals surface area contributed by atoms with Crippen LogP contribution in [-0.4, -0.2) is 5.78 Å². The van der Waals surface area contributed by atoms with Crippen molar-refractivity contribution < 1.29 is 9.18 Å². The molecule has 2 aromatic rings. The molecule has 0 atom stereocenters. The fraction of sp³-hybridized carbons (Fsp3) is 0.0625. The second-order valence-corrected chi connectivity index (χ2v) is 5.09. The number of rotatable bonds is 3. The van der Waals surface area contributed by atoms with Crippen molar-refractivity contribution in [3.8, 4) is 0 Å². The molecule has 2 aromatic carbocycles. The first-order valence-electron chi connectivity index (χ1n) is 5.91. The van der Waals surface area contributed by atoms with Gasteiger partial charge in [0.1, 0.15) is 5.82 Å². The van der Waals surface area contributed by atoms with Crippen LogP contribution in [0.1, 0.15) is 22.8 Å². The van der Waals surface area contributed by atoms with Gasteiger partial charge in [-0.05, 0) is 54.5 Å². The minimum Gasteiger partial charge on any atom is -0.289 e. The smallest absolute Gasteiger partial charge is 0.188 e. The van der Waals surface area contributed by atoms with Crippen LogP contribution in [0.15, 0.2) is 48.0 Å². The van der Waals surface area contributed by atoms with Crippen LogP contribution in [-0.2, 0) is 0 Å². The molecule has 0 N–H and O–H groups in total. The molecule has 0 heterocycles. The number of benzene rings is 2. The molecule has 1 nitrogen and oxygen atoms in total. The van der Waals surface area contributed by atoms with E-state index in [1.165, 1.54) is 24.3 Å². The van der Waals surface area contributed by atoms with Gasteiger partial charge >= 0.3 is 0 Å². The zero-order valence-corrected chi connectivity index (χ0v) is 12.2. The predicted octanol–water partition coefficient (Wildman–Crippen LogP) is 5.42. The number of carbonyl (C=O) groups excluding carboxylic acids is 1. The van der Waals surface area contributed by atoms with Crippen LogP contribution in [0.2, 0.25) is 10.0 Å². The van der Waals surface area contributed by atoms with E-state index in [4.69, 9.17) is 23.2 Å². The Morgan fingerprint density at radius 2 is 1.75 bits per heavy atom. The fourth-order valence-electron chi connectivity index (χ4n) is 1.76. The Morgan fingerprint density at radius 3 is 2.40 bits per heavy atom. The van der Waals surface area contributed by atoms with E-state index in [0.717, 1.165) is 0 Å². The van der Waals surface area contributed by atoms with E-state index < -0.39 is 0 Å². The third-order valence-corrected chi connectivity index (χ3v) is 3.65. The third-order valence-electron chi connectivity index (χ3n) is 2.82. The zero-order chi connectivity index (χ0) is 14.7. The number of hydrogen-bond acceptors (Lipinski definition) is 1. The normalized spacial score (nSPS) is 11.5. The van der Waals surface area contributed by atoms with Crippen molar-refractivity contribution in [1.29, 1.82) is 0 Å². The van der Waals surface area contributed by atoms with Crippen molar-refractivity contribution in [3.63, 3.8) is 0 Å². The molecule has 0 spiro atoms. The number of ketones is 1. The molecule has 0 amide bonds. The topological polar surface area (TPSA) is 17.1 Å². The lowest BCUT2D eigenvalue weighted by Crippen LogP contribution is -2.00. The monoisotopic (exact) mass is 308 g/mol. The van der Waals surface area contributed by atoms with Gasteiger partial charge in [-0.25, -0.2) is 4.39 Å². The first-order valence-corrected chi connectivity index (χ1v) is 6.67. The third kappa shape index (κ3) is 3.27. The summed E-state index contributed by atoms with van der Waals surface area (Å²) >= 11 is 12.0. The van der Waals surface area contributed by atoms with Crippen LogP contribution >= 0.6 is 23.2 Å². The molecule has 20 heavy (non-hydrogen) atoms. The highest BCUT2D eigenvalue weighted by Gasteiger charge is 2.10. The largest absolute Gasteiger partial charge is 0.289 e. The Balaban J connectivity index is 2.32. The average Bonchev–Trinajstić information content (AvgIpc) is 2.44. The van der Waals surface area contributed by atoms with Gasteiger partial charge in [-0.2, -0.15) is 0 Å². The van der Waals surface area contributed by atoms with E-state index in [2.05, 4.69) is 0 Å². The van der Waals surface area contributed by atoms with Crippen LogP contribution in [0, 0.1) is 5.82 Å². The lowest BCUT2D eigenvalue weighted by atomic mass is 10.0. The lowest BCUT2D eigenvalue weighted by Gasteiger charge is -2.04. The highest BCUT2D eigenvalue weighted by molar-refractivity contribution is 6.43. The molecule has 0 aliphatic rings. The summed E-state index contributed by atoms with van der Waals surface area (Å²) in [5.74, 6) is -0.554. The van der Waals surface area contributed by atoms with E-state index in [-0.39, 0.29) is 11.6 Å². The summed E-state index contributed by atoms with van der Waals surface area (Å²) in [7, 11) is 0. The first-order chi connectivity index (χ1) is 9.49. The molecular formula is C16H11Cl2FO. The van der Waals surface area contributed by atoms with Crippen LogP contribution in [0.3, 0.4) is 0 Å². The van der Waals surface area contributed by atoms with Gasteiger partial charge < -0.3 is 0 Å². The molecule has 0 aromatic heterocycles. The molecule has 0 saturated heterocycles. The summed E-state index contributed by atoms with van der Waals surface area (Å²) in [6.07, 6.45) is 1.67. The van der Waals surface area contributed by atoms with Gasteiger partial charge in [0.15, 0.2) is 5.78 Å². The summed E-state index contributed by atoms with van der Waals surface area (Å²) in [5, 5.41) is 0.836. The molecule has 2 rings (SSSR count). The summed E-state index contributed by atoms with van der Waals surface area (Å²) < 4.78 is 12.8. The number of carbonyl (C=O) groups is 1. The van der Waals surface area contributed by atoms with Crippen LogP contribution in [0.25, 0.3) is 6.08 Å². The number of Topliss-reactive ketones (excluding diaryl/α,β-unsaturated/α-hetero) is 1. The standard InChI is InChI=1S/C16H11Cl2FO/c1-10(9-12-3-2-4-14(17)15(12)18)16(20)11-5-7-13(19)8-6-11/h2-9H,1H3/b10-9-. The quantitative estimate of drug-likeness (QED) is 0.546. The van der Waals surface area contributed by atoms with E-state index in [9.17, 15) is 9.18 Å². The maximum absolute atomic E-state index is 12.8.